The van der Waals surface area contributed by atoms with Gasteiger partial charge in [0.2, 0.25) is 0 Å². The molecule has 2 aromatic rings. The molecule has 0 aliphatic heterocycles. The quantitative estimate of drug-likeness (QED) is 0.883. The second-order valence-electron chi connectivity index (χ2n) is 5.18. The molecule has 0 saturated heterocycles. The monoisotopic (exact) mass is 270 g/mol. The van der Waals surface area contributed by atoms with Crippen LogP contribution in [0.5, 0.6) is 5.75 Å². The Kier molecular flexibility index (Phi) is 4.80. The first-order valence-corrected chi connectivity index (χ1v) is 7.09. The van der Waals surface area contributed by atoms with Gasteiger partial charge in [-0.1, -0.05) is 42.8 Å². The molecule has 0 spiro atoms. The van der Waals surface area contributed by atoms with Gasteiger partial charge in [-0.2, -0.15) is 0 Å². The molecule has 0 aliphatic carbocycles. The zero-order chi connectivity index (χ0) is 14.5. The maximum atomic E-state index is 10.5. The number of hydrogen-bond donors (Lipinski definition) is 1. The third-order valence-electron chi connectivity index (χ3n) is 3.40. The lowest BCUT2D eigenvalue weighted by molar-refractivity contribution is 0.219. The van der Waals surface area contributed by atoms with Crippen LogP contribution in [0.25, 0.3) is 0 Å². The highest BCUT2D eigenvalue weighted by molar-refractivity contribution is 5.39. The van der Waals surface area contributed by atoms with Crippen LogP contribution in [0.1, 0.15) is 41.7 Å². The SMILES string of the molecule is CCCOc1ccc(C(O)c2cc(C)ccc2C)cc1. The molecule has 0 radical (unpaired) electrons. The van der Waals surface area contributed by atoms with Crippen LogP contribution < -0.4 is 4.74 Å². The highest BCUT2D eigenvalue weighted by atomic mass is 16.5. The summed E-state index contributed by atoms with van der Waals surface area (Å²) >= 11 is 0. The first kappa shape index (κ1) is 14.6. The van der Waals surface area contributed by atoms with E-state index in [2.05, 4.69) is 13.0 Å². The van der Waals surface area contributed by atoms with Crippen molar-refractivity contribution in [2.75, 3.05) is 6.61 Å². The average Bonchev–Trinajstić information content (AvgIpc) is 2.47. The van der Waals surface area contributed by atoms with Crippen molar-refractivity contribution >= 4 is 0 Å². The van der Waals surface area contributed by atoms with E-state index >= 15 is 0 Å². The molecular weight excluding hydrogens is 248 g/mol. The molecule has 0 aromatic heterocycles. The van der Waals surface area contributed by atoms with E-state index in [1.807, 2.05) is 50.2 Å². The fraction of sp³-hybridized carbons (Fsp3) is 0.333. The van der Waals surface area contributed by atoms with Crippen LogP contribution in [0.4, 0.5) is 0 Å². The summed E-state index contributed by atoms with van der Waals surface area (Å²) in [7, 11) is 0. The molecule has 2 rings (SSSR count). The second kappa shape index (κ2) is 6.58. The molecule has 20 heavy (non-hydrogen) atoms. The topological polar surface area (TPSA) is 29.5 Å². The van der Waals surface area contributed by atoms with Crippen LogP contribution in [0.3, 0.4) is 0 Å². The standard InChI is InChI=1S/C18H22O2/c1-4-11-20-16-9-7-15(8-10-16)18(19)17-12-13(2)5-6-14(17)3/h5-10,12,18-19H,4,11H2,1-3H3. The smallest absolute Gasteiger partial charge is 0.119 e. The zero-order valence-corrected chi connectivity index (χ0v) is 12.4. The van der Waals surface area contributed by atoms with Crippen LogP contribution >= 0.6 is 0 Å². The zero-order valence-electron chi connectivity index (χ0n) is 12.4. The molecule has 2 nitrogen and oxygen atoms in total. The Hall–Kier alpha value is -1.80. The van der Waals surface area contributed by atoms with E-state index in [0.29, 0.717) is 0 Å². The van der Waals surface area contributed by atoms with Crippen molar-refractivity contribution < 1.29 is 9.84 Å². The fourth-order valence-corrected chi connectivity index (χ4v) is 2.20. The Labute approximate surface area is 121 Å². The number of aryl methyl sites for hydroxylation is 2. The van der Waals surface area contributed by atoms with Crippen LogP contribution in [0.2, 0.25) is 0 Å². The van der Waals surface area contributed by atoms with E-state index in [1.54, 1.807) is 0 Å². The van der Waals surface area contributed by atoms with Crippen LogP contribution in [-0.2, 0) is 0 Å². The van der Waals surface area contributed by atoms with Gasteiger partial charge < -0.3 is 9.84 Å². The number of rotatable bonds is 5. The van der Waals surface area contributed by atoms with Crippen LogP contribution in [0.15, 0.2) is 42.5 Å². The largest absolute Gasteiger partial charge is 0.494 e. The van der Waals surface area contributed by atoms with Gasteiger partial charge >= 0.3 is 0 Å². The van der Waals surface area contributed by atoms with Gasteiger partial charge in [0.15, 0.2) is 0 Å². The van der Waals surface area contributed by atoms with Gasteiger partial charge in [0.05, 0.1) is 6.61 Å². The predicted octanol–water partition coefficient (Wildman–Crippen LogP) is 4.17. The van der Waals surface area contributed by atoms with E-state index in [4.69, 9.17) is 4.74 Å². The molecule has 0 fully saturated rings. The summed E-state index contributed by atoms with van der Waals surface area (Å²) in [5.74, 6) is 0.851. The summed E-state index contributed by atoms with van der Waals surface area (Å²) in [5.41, 5.74) is 4.12. The summed E-state index contributed by atoms with van der Waals surface area (Å²) in [6.07, 6.45) is 0.405. The van der Waals surface area contributed by atoms with E-state index in [-0.39, 0.29) is 0 Å². The Morgan fingerprint density at radius 3 is 2.40 bits per heavy atom. The maximum absolute atomic E-state index is 10.5. The highest BCUT2D eigenvalue weighted by Gasteiger charge is 2.13. The van der Waals surface area contributed by atoms with Crippen molar-refractivity contribution in [3.05, 3.63) is 64.7 Å². The Balaban J connectivity index is 2.20. The molecule has 2 heteroatoms. The highest BCUT2D eigenvalue weighted by Crippen LogP contribution is 2.27. The van der Waals surface area contributed by atoms with Gasteiger partial charge in [0.1, 0.15) is 11.9 Å². The number of hydrogen-bond acceptors (Lipinski definition) is 2. The number of aliphatic hydroxyl groups is 1. The van der Waals surface area contributed by atoms with Crippen molar-refractivity contribution in [2.45, 2.75) is 33.3 Å². The molecule has 2 aromatic carbocycles. The summed E-state index contributed by atoms with van der Waals surface area (Å²) < 4.78 is 5.56. The first-order valence-electron chi connectivity index (χ1n) is 7.09. The van der Waals surface area contributed by atoms with E-state index in [0.717, 1.165) is 41.0 Å². The van der Waals surface area contributed by atoms with E-state index in [9.17, 15) is 5.11 Å². The third kappa shape index (κ3) is 3.40. The van der Waals surface area contributed by atoms with Crippen molar-refractivity contribution in [1.82, 2.24) is 0 Å². The Morgan fingerprint density at radius 1 is 1.05 bits per heavy atom. The van der Waals surface area contributed by atoms with Gasteiger partial charge in [-0.05, 0) is 49.1 Å². The molecule has 106 valence electrons. The molecule has 1 unspecified atom stereocenters. The molecule has 0 saturated carbocycles. The molecule has 0 bridgehead atoms. The predicted molar refractivity (Wildman–Crippen MR) is 82.2 cm³/mol. The van der Waals surface area contributed by atoms with Crippen LogP contribution in [-0.4, -0.2) is 11.7 Å². The molecular formula is C18H22O2. The molecule has 0 amide bonds. The van der Waals surface area contributed by atoms with Gasteiger partial charge in [-0.25, -0.2) is 0 Å². The Morgan fingerprint density at radius 2 is 1.75 bits per heavy atom. The number of ether oxygens (including phenoxy) is 1. The van der Waals surface area contributed by atoms with Gasteiger partial charge in [-0.3, -0.25) is 0 Å². The van der Waals surface area contributed by atoms with Crippen molar-refractivity contribution in [2.24, 2.45) is 0 Å². The minimum Gasteiger partial charge on any atom is -0.494 e. The van der Waals surface area contributed by atoms with Crippen molar-refractivity contribution in [3.63, 3.8) is 0 Å². The lowest BCUT2D eigenvalue weighted by Crippen LogP contribution is -2.03. The average molecular weight is 270 g/mol. The Bertz CT molecular complexity index is 558. The minimum atomic E-state index is -0.588. The van der Waals surface area contributed by atoms with E-state index < -0.39 is 6.10 Å². The fourth-order valence-electron chi connectivity index (χ4n) is 2.20. The number of benzene rings is 2. The second-order valence-corrected chi connectivity index (χ2v) is 5.18. The van der Waals surface area contributed by atoms with Crippen LogP contribution in [0, 0.1) is 13.8 Å². The maximum Gasteiger partial charge on any atom is 0.119 e. The lowest BCUT2D eigenvalue weighted by atomic mass is 9.96. The molecule has 0 heterocycles. The molecule has 1 atom stereocenters. The summed E-state index contributed by atoms with van der Waals surface area (Å²) in [6, 6.07) is 13.8. The third-order valence-corrected chi connectivity index (χ3v) is 3.40. The van der Waals surface area contributed by atoms with Crippen molar-refractivity contribution in [3.8, 4) is 5.75 Å². The summed E-state index contributed by atoms with van der Waals surface area (Å²) in [5, 5.41) is 10.5. The van der Waals surface area contributed by atoms with Gasteiger partial charge in [0, 0.05) is 0 Å². The van der Waals surface area contributed by atoms with Crippen molar-refractivity contribution in [1.29, 1.82) is 0 Å². The summed E-state index contributed by atoms with van der Waals surface area (Å²) in [4.78, 5) is 0. The summed E-state index contributed by atoms with van der Waals surface area (Å²) in [6.45, 7) is 6.87. The number of aliphatic hydroxyl groups excluding tert-OH is 1. The minimum absolute atomic E-state index is 0.588. The molecule has 0 aliphatic rings. The normalized spacial score (nSPS) is 12.2. The van der Waals surface area contributed by atoms with Gasteiger partial charge in [0.25, 0.3) is 0 Å². The van der Waals surface area contributed by atoms with E-state index in [1.165, 1.54) is 0 Å². The van der Waals surface area contributed by atoms with Gasteiger partial charge in [-0.15, -0.1) is 0 Å². The lowest BCUT2D eigenvalue weighted by Gasteiger charge is -2.15. The first-order chi connectivity index (χ1) is 9.61. The molecule has 1 N–H and O–H groups in total.